The van der Waals surface area contributed by atoms with Crippen LogP contribution in [0.2, 0.25) is 0 Å². The number of quaternary nitrogens is 1. The molecule has 0 atom stereocenters. The second kappa shape index (κ2) is 25.4. The molecule has 0 radical (unpaired) electrons. The van der Waals surface area contributed by atoms with Crippen LogP contribution in [0.4, 0.5) is 0 Å². The summed E-state index contributed by atoms with van der Waals surface area (Å²) in [7, 11) is 0. The fourth-order valence-electron chi connectivity index (χ4n) is 5.17. The lowest BCUT2D eigenvalue weighted by molar-refractivity contribution is -0.928. The van der Waals surface area contributed by atoms with E-state index in [1.54, 1.807) is 0 Å². The first-order chi connectivity index (χ1) is 18.3. The van der Waals surface area contributed by atoms with E-state index in [4.69, 9.17) is 10.2 Å². The van der Waals surface area contributed by atoms with Gasteiger partial charge in [-0.3, -0.25) is 9.59 Å². The zero-order valence-corrected chi connectivity index (χ0v) is 24.3. The van der Waals surface area contributed by atoms with E-state index < -0.39 is 17.9 Å². The van der Waals surface area contributed by atoms with Crippen molar-refractivity contribution < 1.29 is 34.2 Å². The van der Waals surface area contributed by atoms with Crippen LogP contribution in [0.5, 0.6) is 0 Å². The van der Waals surface area contributed by atoms with Crippen molar-refractivity contribution in [3.05, 3.63) is 12.2 Å². The van der Waals surface area contributed by atoms with Gasteiger partial charge in [0.05, 0.1) is 26.2 Å². The monoisotopic (exact) mass is 539 g/mol. The number of aliphatic carboxylic acids is 3. The Morgan fingerprint density at radius 2 is 0.974 bits per heavy atom. The van der Waals surface area contributed by atoms with Gasteiger partial charge in [-0.05, 0) is 57.8 Å². The number of carboxylic acid groups (broad SMARTS) is 3. The Hall–Kier alpha value is -1.89. The summed E-state index contributed by atoms with van der Waals surface area (Å²) in [5.74, 6) is -2.59. The highest BCUT2D eigenvalue weighted by atomic mass is 16.4. The number of carboxylic acids is 3. The third-order valence-electron chi connectivity index (χ3n) is 7.47. The van der Waals surface area contributed by atoms with E-state index in [0.717, 1.165) is 62.8 Å². The molecule has 0 unspecified atom stereocenters. The summed E-state index contributed by atoms with van der Waals surface area (Å²) in [6, 6.07) is 0. The van der Waals surface area contributed by atoms with Crippen molar-refractivity contribution in [3.63, 3.8) is 0 Å². The molecule has 0 aliphatic carbocycles. The molecule has 0 aromatic rings. The second-order valence-corrected chi connectivity index (χ2v) is 11.0. The number of rotatable bonds is 29. The van der Waals surface area contributed by atoms with Crippen molar-refractivity contribution in [2.45, 2.75) is 142 Å². The van der Waals surface area contributed by atoms with Crippen LogP contribution in [-0.4, -0.2) is 58.8 Å². The first kappa shape index (κ1) is 36.1. The van der Waals surface area contributed by atoms with Crippen LogP contribution in [-0.2, 0) is 14.4 Å². The van der Waals surface area contributed by atoms with Crippen molar-refractivity contribution >= 4 is 17.9 Å². The Morgan fingerprint density at radius 3 is 1.42 bits per heavy atom. The Bertz CT molecular complexity index is 579. The van der Waals surface area contributed by atoms with Gasteiger partial charge in [0.1, 0.15) is 0 Å². The normalized spacial score (nSPS) is 11.8. The predicted molar refractivity (Wildman–Crippen MR) is 152 cm³/mol. The zero-order valence-electron chi connectivity index (χ0n) is 24.3. The summed E-state index contributed by atoms with van der Waals surface area (Å²) in [6.45, 7) is 5.69. The number of hydrogen-bond donors (Lipinski definition) is 2. The van der Waals surface area contributed by atoms with Gasteiger partial charge in [-0.2, -0.15) is 0 Å². The molecule has 2 N–H and O–H groups in total. The number of hydrogen-bond acceptors (Lipinski definition) is 4. The van der Waals surface area contributed by atoms with Gasteiger partial charge in [0, 0.05) is 25.2 Å². The Morgan fingerprint density at radius 1 is 0.553 bits per heavy atom. The van der Waals surface area contributed by atoms with Gasteiger partial charge in [-0.25, -0.2) is 0 Å². The summed E-state index contributed by atoms with van der Waals surface area (Å²) in [4.78, 5) is 32.8. The van der Waals surface area contributed by atoms with Crippen molar-refractivity contribution in [1.29, 1.82) is 0 Å². The molecule has 7 nitrogen and oxygen atoms in total. The number of carbonyl (C=O) groups excluding carboxylic acids is 1. The molecule has 0 heterocycles. The first-order valence-corrected chi connectivity index (χ1v) is 15.4. The van der Waals surface area contributed by atoms with E-state index in [1.165, 1.54) is 64.2 Å². The molecule has 0 aliphatic rings. The topological polar surface area (TPSA) is 115 Å². The fourth-order valence-corrected chi connectivity index (χ4v) is 5.17. The third-order valence-corrected chi connectivity index (χ3v) is 7.47. The summed E-state index contributed by atoms with van der Waals surface area (Å²) >= 11 is 0. The van der Waals surface area contributed by atoms with Crippen LogP contribution in [0.1, 0.15) is 142 Å². The number of allylic oxidation sites excluding steroid dienone is 1. The maximum absolute atomic E-state index is 11.0. The number of carbonyl (C=O) groups is 3. The van der Waals surface area contributed by atoms with Crippen LogP contribution < -0.4 is 5.11 Å². The van der Waals surface area contributed by atoms with Gasteiger partial charge in [-0.1, -0.05) is 76.9 Å². The predicted octanol–water partition coefficient (Wildman–Crippen LogP) is 6.49. The van der Waals surface area contributed by atoms with Crippen molar-refractivity contribution in [1.82, 2.24) is 0 Å². The molecule has 0 saturated carbocycles. The van der Waals surface area contributed by atoms with E-state index in [0.29, 0.717) is 19.3 Å². The van der Waals surface area contributed by atoms with Gasteiger partial charge in [0.15, 0.2) is 0 Å². The maximum atomic E-state index is 11.0. The molecule has 0 saturated heterocycles. The lowest BCUT2D eigenvalue weighted by Gasteiger charge is -2.39. The average Bonchev–Trinajstić information content (AvgIpc) is 2.87. The fraction of sp³-hybridized carbons (Fsp3) is 0.839. The first-order valence-electron chi connectivity index (χ1n) is 15.4. The number of unbranched alkanes of at least 4 members (excludes halogenated alkanes) is 13. The second-order valence-electron chi connectivity index (χ2n) is 11.0. The maximum Gasteiger partial charge on any atom is 0.303 e. The van der Waals surface area contributed by atoms with Crippen LogP contribution in [0.15, 0.2) is 12.2 Å². The minimum atomic E-state index is -1.03. The highest BCUT2D eigenvalue weighted by Crippen LogP contribution is 2.18. The van der Waals surface area contributed by atoms with E-state index in [1.807, 2.05) is 0 Å². The standard InChI is InChI=1S/C31H57NO6/c1-2-3-4-5-6-7-8-9-10-11-12-13-14-18-25-32(26-19-15-22-29(33)34,27-20-16-23-30(35)36)28-21-17-24-31(37)38/h13-14H,2-12,15-28H2,1H3,(H2-,33,34,35,36,37,38)/b14-13+. The van der Waals surface area contributed by atoms with E-state index >= 15 is 0 Å². The summed E-state index contributed by atoms with van der Waals surface area (Å²) < 4.78 is 0.800. The minimum absolute atomic E-state index is 0.0524. The molecule has 0 bridgehead atoms. The molecule has 0 aromatic carbocycles. The summed E-state index contributed by atoms with van der Waals surface area (Å²) in [6.07, 6.45) is 24.5. The molecule has 222 valence electrons. The van der Waals surface area contributed by atoms with E-state index in [-0.39, 0.29) is 19.3 Å². The molecule has 0 aromatic heterocycles. The van der Waals surface area contributed by atoms with Gasteiger partial charge < -0.3 is 24.6 Å². The Balaban J connectivity index is 4.63. The zero-order chi connectivity index (χ0) is 28.3. The van der Waals surface area contributed by atoms with Crippen LogP contribution in [0, 0.1) is 0 Å². The molecule has 7 heteroatoms. The molecule has 0 aliphatic heterocycles. The Kier molecular flexibility index (Phi) is 24.1. The smallest absolute Gasteiger partial charge is 0.303 e. The van der Waals surface area contributed by atoms with Gasteiger partial charge in [0.25, 0.3) is 0 Å². The van der Waals surface area contributed by atoms with Crippen LogP contribution in [0.3, 0.4) is 0 Å². The van der Waals surface area contributed by atoms with Crippen molar-refractivity contribution in [2.75, 3.05) is 26.2 Å². The van der Waals surface area contributed by atoms with Gasteiger partial charge in [-0.15, -0.1) is 0 Å². The average molecular weight is 540 g/mol. The summed E-state index contributed by atoms with van der Waals surface area (Å²) in [5, 5.41) is 28.9. The molecule has 0 rings (SSSR count). The molecular weight excluding hydrogens is 482 g/mol. The SMILES string of the molecule is CCCCCCCCCCCC/C=C/CC[N+](CCCCC(=O)[O-])(CCCCC(=O)O)CCCCC(=O)O. The highest BCUT2D eigenvalue weighted by molar-refractivity contribution is 5.66. The molecule has 0 fully saturated rings. The Labute approximate surface area is 232 Å². The summed E-state index contributed by atoms with van der Waals surface area (Å²) in [5.41, 5.74) is 0. The molecule has 0 amide bonds. The van der Waals surface area contributed by atoms with E-state index in [2.05, 4.69) is 19.1 Å². The van der Waals surface area contributed by atoms with Gasteiger partial charge in [0.2, 0.25) is 0 Å². The lowest BCUT2D eigenvalue weighted by atomic mass is 10.1. The largest absolute Gasteiger partial charge is 0.550 e. The van der Waals surface area contributed by atoms with Crippen LogP contribution >= 0.6 is 0 Å². The quantitative estimate of drug-likeness (QED) is 0.0638. The van der Waals surface area contributed by atoms with Gasteiger partial charge >= 0.3 is 11.9 Å². The lowest BCUT2D eigenvalue weighted by Crippen LogP contribution is -2.50. The van der Waals surface area contributed by atoms with E-state index in [9.17, 15) is 19.5 Å². The van der Waals surface area contributed by atoms with Crippen LogP contribution in [0.25, 0.3) is 0 Å². The molecular formula is C31H57NO6. The minimum Gasteiger partial charge on any atom is -0.550 e. The van der Waals surface area contributed by atoms with Crippen molar-refractivity contribution in [3.8, 4) is 0 Å². The molecule has 0 spiro atoms. The highest BCUT2D eigenvalue weighted by Gasteiger charge is 2.25. The number of nitrogens with zero attached hydrogens (tertiary/aromatic N) is 1. The van der Waals surface area contributed by atoms with Crippen molar-refractivity contribution in [2.24, 2.45) is 0 Å². The molecule has 38 heavy (non-hydrogen) atoms. The third kappa shape index (κ3) is 24.4.